The van der Waals surface area contributed by atoms with Gasteiger partial charge >= 0.3 is 0 Å². The molecule has 2 aromatic rings. The second kappa shape index (κ2) is 6.26. The number of nitrogens with two attached hydrogens (primary N) is 1. The summed E-state index contributed by atoms with van der Waals surface area (Å²) < 4.78 is 1.27. The number of hydrogen-bond donors (Lipinski definition) is 2. The van der Waals surface area contributed by atoms with E-state index in [4.69, 9.17) is 5.84 Å². The minimum atomic E-state index is 0.124. The fraction of sp³-hybridized carbons (Fsp3) is 0.214. The van der Waals surface area contributed by atoms with Gasteiger partial charge in [-0.3, -0.25) is 16.3 Å². The highest BCUT2D eigenvalue weighted by molar-refractivity contribution is 14.1. The van der Waals surface area contributed by atoms with Crippen molar-refractivity contribution in [3.63, 3.8) is 0 Å². The van der Waals surface area contributed by atoms with Gasteiger partial charge in [-0.2, -0.15) is 0 Å². The summed E-state index contributed by atoms with van der Waals surface area (Å²) in [7, 11) is 0. The summed E-state index contributed by atoms with van der Waals surface area (Å²) in [6, 6.07) is 10.5. The maximum atomic E-state index is 5.70. The molecular formula is C14H16IN3. The third-order valence-corrected chi connectivity index (χ3v) is 4.46. The highest BCUT2D eigenvalue weighted by atomic mass is 127. The Balaban J connectivity index is 2.26. The van der Waals surface area contributed by atoms with Gasteiger partial charge in [-0.05, 0) is 64.8 Å². The van der Waals surface area contributed by atoms with Gasteiger partial charge in [-0.15, -0.1) is 0 Å². The quantitative estimate of drug-likeness (QED) is 0.505. The zero-order valence-electron chi connectivity index (χ0n) is 10.2. The Hall–Kier alpha value is -0.980. The van der Waals surface area contributed by atoms with Crippen molar-refractivity contribution < 1.29 is 0 Å². The molecule has 0 radical (unpaired) electrons. The van der Waals surface area contributed by atoms with Gasteiger partial charge in [0.25, 0.3) is 0 Å². The van der Waals surface area contributed by atoms with Gasteiger partial charge < -0.3 is 0 Å². The van der Waals surface area contributed by atoms with Crippen LogP contribution in [0.4, 0.5) is 0 Å². The van der Waals surface area contributed by atoms with Crippen LogP contribution in [-0.4, -0.2) is 4.98 Å². The Labute approximate surface area is 121 Å². The lowest BCUT2D eigenvalue weighted by Gasteiger charge is -2.19. The molecule has 18 heavy (non-hydrogen) atoms. The van der Waals surface area contributed by atoms with Gasteiger partial charge in [0.1, 0.15) is 0 Å². The van der Waals surface area contributed by atoms with E-state index >= 15 is 0 Å². The Kier molecular flexibility index (Phi) is 4.68. The summed E-state index contributed by atoms with van der Waals surface area (Å²) >= 11 is 2.38. The van der Waals surface area contributed by atoms with E-state index in [0.29, 0.717) is 0 Å². The molecule has 0 saturated carbocycles. The minimum Gasteiger partial charge on any atom is -0.271 e. The van der Waals surface area contributed by atoms with Crippen LogP contribution in [0, 0.1) is 10.5 Å². The number of hydrazine groups is 1. The van der Waals surface area contributed by atoms with Crippen molar-refractivity contribution in [1.82, 2.24) is 10.4 Å². The van der Waals surface area contributed by atoms with Crippen LogP contribution in [0.2, 0.25) is 0 Å². The first-order valence-electron chi connectivity index (χ1n) is 5.82. The first-order chi connectivity index (χ1) is 8.72. The zero-order chi connectivity index (χ0) is 13.0. The summed E-state index contributed by atoms with van der Waals surface area (Å²) in [5, 5.41) is 0. The van der Waals surface area contributed by atoms with E-state index in [1.165, 1.54) is 20.3 Å². The molecule has 3 N–H and O–H groups in total. The zero-order valence-corrected chi connectivity index (χ0v) is 12.4. The number of halogens is 1. The Bertz CT molecular complexity index is 514. The molecule has 0 bridgehead atoms. The highest BCUT2D eigenvalue weighted by Gasteiger charge is 2.14. The van der Waals surface area contributed by atoms with Crippen molar-refractivity contribution in [3.8, 4) is 0 Å². The number of benzene rings is 1. The van der Waals surface area contributed by atoms with Crippen LogP contribution >= 0.6 is 22.6 Å². The highest BCUT2D eigenvalue weighted by Crippen LogP contribution is 2.25. The van der Waals surface area contributed by atoms with Crippen LogP contribution in [0.3, 0.4) is 0 Å². The largest absolute Gasteiger partial charge is 0.271 e. The molecule has 0 spiro atoms. The lowest BCUT2D eigenvalue weighted by Crippen LogP contribution is -2.30. The van der Waals surface area contributed by atoms with Crippen LogP contribution in [0.25, 0.3) is 0 Å². The van der Waals surface area contributed by atoms with Crippen molar-refractivity contribution >= 4 is 22.6 Å². The maximum Gasteiger partial charge on any atom is 0.0510 e. The summed E-state index contributed by atoms with van der Waals surface area (Å²) in [5.41, 5.74) is 6.66. The molecule has 0 saturated heterocycles. The molecule has 1 unspecified atom stereocenters. The van der Waals surface area contributed by atoms with Crippen molar-refractivity contribution in [2.24, 2.45) is 5.84 Å². The summed E-state index contributed by atoms with van der Waals surface area (Å²) in [5.74, 6) is 5.70. The third-order valence-electron chi connectivity index (χ3n) is 2.99. The molecule has 3 nitrogen and oxygen atoms in total. The third kappa shape index (κ3) is 3.07. The Morgan fingerprint density at radius 3 is 2.67 bits per heavy atom. The van der Waals surface area contributed by atoms with Crippen LogP contribution in [-0.2, 0) is 6.42 Å². The van der Waals surface area contributed by atoms with Gasteiger partial charge in [0.2, 0.25) is 0 Å². The van der Waals surface area contributed by atoms with Gasteiger partial charge in [-0.25, -0.2) is 0 Å². The predicted molar refractivity (Wildman–Crippen MR) is 81.9 cm³/mol. The fourth-order valence-corrected chi connectivity index (χ4v) is 2.69. The first-order valence-corrected chi connectivity index (χ1v) is 6.90. The first kappa shape index (κ1) is 13.5. The van der Waals surface area contributed by atoms with Crippen LogP contribution in [0.5, 0.6) is 0 Å². The lowest BCUT2D eigenvalue weighted by molar-refractivity contribution is 0.549. The molecule has 0 aliphatic heterocycles. The van der Waals surface area contributed by atoms with Crippen LogP contribution < -0.4 is 11.3 Å². The summed E-state index contributed by atoms with van der Waals surface area (Å²) in [6.45, 7) is 2.12. The monoisotopic (exact) mass is 353 g/mol. The molecular weight excluding hydrogens is 337 g/mol. The van der Waals surface area contributed by atoms with Crippen LogP contribution in [0.15, 0.2) is 42.7 Å². The van der Waals surface area contributed by atoms with E-state index < -0.39 is 0 Å². The molecule has 94 valence electrons. The van der Waals surface area contributed by atoms with E-state index in [1.54, 1.807) is 0 Å². The normalized spacial score (nSPS) is 12.4. The van der Waals surface area contributed by atoms with Crippen molar-refractivity contribution in [2.75, 3.05) is 0 Å². The molecule has 1 atom stereocenters. The maximum absolute atomic E-state index is 5.70. The Morgan fingerprint density at radius 2 is 2.00 bits per heavy atom. The molecule has 1 aromatic carbocycles. The molecule has 1 heterocycles. The molecule has 2 rings (SSSR count). The second-order valence-electron chi connectivity index (χ2n) is 4.26. The number of aryl methyl sites for hydroxylation is 1. The number of aromatic nitrogens is 1. The number of nitrogens with zero attached hydrogens (tertiary/aromatic N) is 1. The number of rotatable bonds is 4. The number of nitrogens with one attached hydrogen (secondary N) is 1. The van der Waals surface area contributed by atoms with E-state index in [0.717, 1.165) is 6.42 Å². The van der Waals surface area contributed by atoms with Gasteiger partial charge in [0, 0.05) is 16.0 Å². The average Bonchev–Trinajstić information content (AvgIpc) is 2.41. The average molecular weight is 353 g/mol. The standard InChI is InChI=1S/C14H16IN3/c1-10-3-2-4-12(14(10)15)13(18-16)9-11-5-7-17-8-6-11/h2-8,13,18H,9,16H2,1H3. The van der Waals surface area contributed by atoms with Gasteiger partial charge in [0.15, 0.2) is 0 Å². The topological polar surface area (TPSA) is 50.9 Å². The van der Waals surface area contributed by atoms with E-state index in [1.807, 2.05) is 24.5 Å². The van der Waals surface area contributed by atoms with E-state index in [-0.39, 0.29) is 6.04 Å². The smallest absolute Gasteiger partial charge is 0.0510 e. The molecule has 4 heteroatoms. The van der Waals surface area contributed by atoms with Crippen molar-refractivity contribution in [3.05, 3.63) is 63.0 Å². The van der Waals surface area contributed by atoms with Crippen molar-refractivity contribution in [2.45, 2.75) is 19.4 Å². The van der Waals surface area contributed by atoms with E-state index in [9.17, 15) is 0 Å². The fourth-order valence-electron chi connectivity index (χ4n) is 1.95. The van der Waals surface area contributed by atoms with Gasteiger partial charge in [-0.1, -0.05) is 18.2 Å². The lowest BCUT2D eigenvalue weighted by atomic mass is 9.99. The molecule has 0 fully saturated rings. The molecule has 0 amide bonds. The predicted octanol–water partition coefficient (Wildman–Crippen LogP) is 2.74. The van der Waals surface area contributed by atoms with Crippen LogP contribution in [0.1, 0.15) is 22.7 Å². The Morgan fingerprint density at radius 1 is 1.28 bits per heavy atom. The van der Waals surface area contributed by atoms with E-state index in [2.05, 4.69) is 58.1 Å². The SMILES string of the molecule is Cc1cccc(C(Cc2ccncc2)NN)c1I. The summed E-state index contributed by atoms with van der Waals surface area (Å²) in [4.78, 5) is 4.03. The molecule has 0 aliphatic carbocycles. The molecule has 1 aromatic heterocycles. The molecule has 0 aliphatic rings. The second-order valence-corrected chi connectivity index (χ2v) is 5.34. The van der Waals surface area contributed by atoms with Gasteiger partial charge in [0.05, 0.1) is 6.04 Å². The summed E-state index contributed by atoms with van der Waals surface area (Å²) in [6.07, 6.45) is 4.48. The number of pyridine rings is 1. The minimum absolute atomic E-state index is 0.124. The number of hydrogen-bond acceptors (Lipinski definition) is 3. The van der Waals surface area contributed by atoms with Crippen molar-refractivity contribution in [1.29, 1.82) is 0 Å².